The van der Waals surface area contributed by atoms with Crippen molar-refractivity contribution < 1.29 is 13.2 Å². The number of alkyl halides is 3. The summed E-state index contributed by atoms with van der Waals surface area (Å²) < 4.78 is 38.6. The van der Waals surface area contributed by atoms with Gasteiger partial charge in [-0.05, 0) is 30.7 Å². The Kier molecular flexibility index (Phi) is 4.53. The largest absolute Gasteiger partial charge is 0.416 e. The van der Waals surface area contributed by atoms with Crippen molar-refractivity contribution >= 4 is 17.0 Å². The highest BCUT2D eigenvalue weighted by Gasteiger charge is 2.33. The minimum Gasteiger partial charge on any atom is -0.369 e. The van der Waals surface area contributed by atoms with E-state index in [4.69, 9.17) is 5.73 Å². The third-order valence-electron chi connectivity index (χ3n) is 3.28. The Balaban J connectivity index is 2.26. The molecule has 0 aliphatic rings. The van der Waals surface area contributed by atoms with Crippen LogP contribution in [-0.4, -0.2) is 12.0 Å². The van der Waals surface area contributed by atoms with Crippen LogP contribution in [0.1, 0.15) is 21.7 Å². The molecule has 0 bridgehead atoms. The van der Waals surface area contributed by atoms with Crippen LogP contribution in [0, 0.1) is 6.92 Å². The summed E-state index contributed by atoms with van der Waals surface area (Å²) in [6.07, 6.45) is -4.37. The zero-order chi connectivity index (χ0) is 15.6. The van der Waals surface area contributed by atoms with Crippen LogP contribution in [0.3, 0.4) is 0 Å². The van der Waals surface area contributed by atoms with Gasteiger partial charge in [-0.3, -0.25) is 0 Å². The smallest absolute Gasteiger partial charge is 0.369 e. The maximum atomic E-state index is 12.9. The van der Waals surface area contributed by atoms with Crippen LogP contribution in [0.2, 0.25) is 0 Å². The molecule has 2 N–H and O–H groups in total. The molecule has 1 aromatic heterocycles. The van der Waals surface area contributed by atoms with E-state index in [-0.39, 0.29) is 12.1 Å². The number of nitrogens with two attached hydrogens (primary N) is 1. The quantitative estimate of drug-likeness (QED) is 0.938. The number of hydrogen-bond donors (Lipinski definition) is 1. The van der Waals surface area contributed by atoms with Gasteiger partial charge >= 0.3 is 6.18 Å². The van der Waals surface area contributed by atoms with Gasteiger partial charge in [0.25, 0.3) is 0 Å². The SMILES string of the molecule is Cc1ncsc1CN(C)c1ccc(C(F)(F)F)c(CN)c1. The molecule has 3 nitrogen and oxygen atoms in total. The van der Waals surface area contributed by atoms with E-state index in [9.17, 15) is 13.2 Å². The predicted molar refractivity (Wildman–Crippen MR) is 78.3 cm³/mol. The fraction of sp³-hybridized carbons (Fsp3) is 0.357. The Morgan fingerprint density at radius 2 is 2.05 bits per heavy atom. The number of nitrogens with zero attached hydrogens (tertiary/aromatic N) is 2. The van der Waals surface area contributed by atoms with Crippen LogP contribution in [0.15, 0.2) is 23.7 Å². The van der Waals surface area contributed by atoms with Crippen molar-refractivity contribution in [3.8, 4) is 0 Å². The standard InChI is InChI=1S/C14H16F3N3S/c1-9-13(21-8-19-9)7-20(2)11-3-4-12(14(15,16)17)10(5-11)6-18/h3-5,8H,6-7,18H2,1-2H3. The highest BCUT2D eigenvalue weighted by atomic mass is 32.1. The van der Waals surface area contributed by atoms with Crippen molar-refractivity contribution in [2.75, 3.05) is 11.9 Å². The van der Waals surface area contributed by atoms with Gasteiger partial charge in [-0.1, -0.05) is 0 Å². The predicted octanol–water partition coefficient (Wildman–Crippen LogP) is 3.57. The Bertz CT molecular complexity index is 622. The second kappa shape index (κ2) is 6.03. The fourth-order valence-electron chi connectivity index (χ4n) is 2.05. The molecule has 0 aliphatic carbocycles. The van der Waals surface area contributed by atoms with E-state index >= 15 is 0 Å². The van der Waals surface area contributed by atoms with Gasteiger partial charge in [-0.2, -0.15) is 13.2 Å². The van der Waals surface area contributed by atoms with Gasteiger partial charge in [0.05, 0.1) is 23.3 Å². The van der Waals surface area contributed by atoms with Gasteiger partial charge < -0.3 is 10.6 Å². The lowest BCUT2D eigenvalue weighted by molar-refractivity contribution is -0.138. The number of benzene rings is 1. The van der Waals surface area contributed by atoms with Crippen LogP contribution >= 0.6 is 11.3 Å². The lowest BCUT2D eigenvalue weighted by atomic mass is 10.1. The molecule has 0 unspecified atom stereocenters. The Labute approximate surface area is 125 Å². The monoisotopic (exact) mass is 315 g/mol. The lowest BCUT2D eigenvalue weighted by Crippen LogP contribution is -2.18. The number of rotatable bonds is 4. The molecule has 0 saturated heterocycles. The first kappa shape index (κ1) is 15.8. The normalized spacial score (nSPS) is 11.7. The summed E-state index contributed by atoms with van der Waals surface area (Å²) >= 11 is 1.53. The van der Waals surface area contributed by atoms with Gasteiger partial charge in [0.15, 0.2) is 0 Å². The summed E-state index contributed by atoms with van der Waals surface area (Å²) in [6.45, 7) is 2.37. The van der Waals surface area contributed by atoms with Crippen molar-refractivity contribution in [3.05, 3.63) is 45.4 Å². The van der Waals surface area contributed by atoms with E-state index in [0.717, 1.165) is 16.6 Å². The molecule has 21 heavy (non-hydrogen) atoms. The van der Waals surface area contributed by atoms with E-state index in [0.29, 0.717) is 12.2 Å². The van der Waals surface area contributed by atoms with Gasteiger partial charge in [0.2, 0.25) is 0 Å². The molecule has 7 heteroatoms. The molecular weight excluding hydrogens is 299 g/mol. The number of hydrogen-bond acceptors (Lipinski definition) is 4. The molecule has 0 radical (unpaired) electrons. The summed E-state index contributed by atoms with van der Waals surface area (Å²) in [7, 11) is 1.84. The molecule has 2 rings (SSSR count). The van der Waals surface area contributed by atoms with Crippen molar-refractivity contribution in [3.63, 3.8) is 0 Å². The number of aryl methyl sites for hydroxylation is 1. The molecule has 0 atom stereocenters. The average molecular weight is 315 g/mol. The van der Waals surface area contributed by atoms with E-state index in [1.807, 2.05) is 18.9 Å². The molecule has 0 saturated carbocycles. The Morgan fingerprint density at radius 3 is 2.57 bits per heavy atom. The summed E-state index contributed by atoms with van der Waals surface area (Å²) in [5.74, 6) is 0. The topological polar surface area (TPSA) is 42.2 Å². The molecular formula is C14H16F3N3S. The summed E-state index contributed by atoms with van der Waals surface area (Å²) in [5, 5.41) is 0. The van der Waals surface area contributed by atoms with Crippen molar-refractivity contribution in [2.45, 2.75) is 26.2 Å². The maximum Gasteiger partial charge on any atom is 0.416 e. The second-order valence-electron chi connectivity index (χ2n) is 4.76. The maximum absolute atomic E-state index is 12.9. The number of aromatic nitrogens is 1. The molecule has 0 spiro atoms. The van der Waals surface area contributed by atoms with E-state index in [2.05, 4.69) is 4.98 Å². The minimum absolute atomic E-state index is 0.105. The first-order chi connectivity index (χ1) is 9.82. The molecule has 0 aliphatic heterocycles. The molecule has 1 aromatic carbocycles. The van der Waals surface area contributed by atoms with Crippen molar-refractivity contribution in [2.24, 2.45) is 5.73 Å². The van der Waals surface area contributed by atoms with Crippen LogP contribution in [0.25, 0.3) is 0 Å². The van der Waals surface area contributed by atoms with E-state index < -0.39 is 11.7 Å². The van der Waals surface area contributed by atoms with Crippen LogP contribution in [-0.2, 0) is 19.3 Å². The van der Waals surface area contributed by atoms with E-state index in [1.54, 1.807) is 5.51 Å². The highest BCUT2D eigenvalue weighted by molar-refractivity contribution is 7.09. The Morgan fingerprint density at radius 1 is 1.33 bits per heavy atom. The minimum atomic E-state index is -4.37. The second-order valence-corrected chi connectivity index (χ2v) is 5.70. The highest BCUT2D eigenvalue weighted by Crippen LogP contribution is 2.34. The zero-order valence-corrected chi connectivity index (χ0v) is 12.6. The van der Waals surface area contributed by atoms with E-state index in [1.165, 1.54) is 23.5 Å². The molecule has 2 aromatic rings. The molecule has 0 fully saturated rings. The number of halogens is 3. The number of anilines is 1. The first-order valence-corrected chi connectivity index (χ1v) is 7.21. The average Bonchev–Trinajstić information content (AvgIpc) is 2.82. The van der Waals surface area contributed by atoms with Crippen LogP contribution in [0.5, 0.6) is 0 Å². The third kappa shape index (κ3) is 3.54. The van der Waals surface area contributed by atoms with Crippen LogP contribution in [0.4, 0.5) is 18.9 Å². The Hall–Kier alpha value is -1.60. The molecule has 0 amide bonds. The fourth-order valence-corrected chi connectivity index (χ4v) is 2.88. The molecule has 1 heterocycles. The third-order valence-corrected chi connectivity index (χ3v) is 4.20. The number of thiazole rings is 1. The lowest BCUT2D eigenvalue weighted by Gasteiger charge is -2.21. The van der Waals surface area contributed by atoms with Crippen molar-refractivity contribution in [1.82, 2.24) is 4.98 Å². The summed E-state index contributed by atoms with van der Waals surface area (Å²) in [4.78, 5) is 7.14. The first-order valence-electron chi connectivity index (χ1n) is 6.33. The van der Waals surface area contributed by atoms with Crippen molar-refractivity contribution in [1.29, 1.82) is 0 Å². The van der Waals surface area contributed by atoms with Gasteiger partial charge in [-0.15, -0.1) is 11.3 Å². The van der Waals surface area contributed by atoms with Crippen LogP contribution < -0.4 is 10.6 Å². The van der Waals surface area contributed by atoms with Gasteiger partial charge in [0.1, 0.15) is 0 Å². The zero-order valence-electron chi connectivity index (χ0n) is 11.7. The summed E-state index contributed by atoms with van der Waals surface area (Å²) in [6, 6.07) is 4.06. The van der Waals surface area contributed by atoms with Gasteiger partial charge in [0, 0.05) is 24.2 Å². The molecule has 114 valence electrons. The summed E-state index contributed by atoms with van der Waals surface area (Å²) in [5.41, 5.74) is 8.29. The van der Waals surface area contributed by atoms with Gasteiger partial charge in [-0.25, -0.2) is 4.98 Å².